The number of fused-ring (bicyclic) bond motifs is 1. The van der Waals surface area contributed by atoms with Crippen LogP contribution in [0.4, 0.5) is 0 Å². The molecule has 25 heavy (non-hydrogen) atoms. The average molecular weight is 357 g/mol. The largest absolute Gasteiger partial charge is 0.481 e. The van der Waals surface area contributed by atoms with Crippen molar-refractivity contribution < 1.29 is 14.7 Å². The summed E-state index contributed by atoms with van der Waals surface area (Å²) < 4.78 is 1.87. The molecule has 0 bridgehead atoms. The van der Waals surface area contributed by atoms with Crippen molar-refractivity contribution in [3.63, 3.8) is 0 Å². The Balaban J connectivity index is 1.74. The van der Waals surface area contributed by atoms with Gasteiger partial charge in [0.15, 0.2) is 4.96 Å². The van der Waals surface area contributed by atoms with Crippen molar-refractivity contribution in [3.8, 4) is 0 Å². The van der Waals surface area contributed by atoms with Gasteiger partial charge in [0.25, 0.3) is 0 Å². The Morgan fingerprint density at radius 2 is 2.08 bits per heavy atom. The van der Waals surface area contributed by atoms with Gasteiger partial charge in [-0.25, -0.2) is 4.98 Å². The zero-order chi connectivity index (χ0) is 17.9. The molecule has 3 rings (SSSR count). The van der Waals surface area contributed by atoms with Crippen LogP contribution in [0, 0.1) is 0 Å². The first-order chi connectivity index (χ1) is 12.1. The first-order valence-electron chi connectivity index (χ1n) is 8.02. The summed E-state index contributed by atoms with van der Waals surface area (Å²) in [4.78, 5) is 29.3. The molecule has 0 aliphatic heterocycles. The predicted octanol–water partition coefficient (Wildman–Crippen LogP) is 2.49. The van der Waals surface area contributed by atoms with E-state index in [0.29, 0.717) is 12.0 Å². The van der Waals surface area contributed by atoms with Crippen molar-refractivity contribution in [1.82, 2.24) is 14.7 Å². The van der Waals surface area contributed by atoms with Crippen LogP contribution >= 0.6 is 11.3 Å². The summed E-state index contributed by atoms with van der Waals surface area (Å²) >= 11 is 1.47. The number of nitrogens with one attached hydrogen (secondary N) is 1. The molecule has 0 aliphatic carbocycles. The van der Waals surface area contributed by atoms with E-state index in [1.54, 1.807) is 18.3 Å². The number of aliphatic carboxylic acids is 1. The quantitative estimate of drug-likeness (QED) is 0.680. The lowest BCUT2D eigenvalue weighted by Crippen LogP contribution is -2.46. The molecule has 7 heteroatoms. The van der Waals surface area contributed by atoms with Gasteiger partial charge in [-0.2, -0.15) is 0 Å². The molecule has 0 radical (unpaired) electrons. The average Bonchev–Trinajstić information content (AvgIpc) is 3.22. The van der Waals surface area contributed by atoms with Gasteiger partial charge in [0.1, 0.15) is 5.41 Å². The molecule has 130 valence electrons. The monoisotopic (exact) mass is 357 g/mol. The summed E-state index contributed by atoms with van der Waals surface area (Å²) in [5, 5.41) is 14.5. The third-order valence-corrected chi connectivity index (χ3v) is 5.39. The van der Waals surface area contributed by atoms with Gasteiger partial charge in [0.05, 0.1) is 6.42 Å². The van der Waals surface area contributed by atoms with Crippen LogP contribution < -0.4 is 5.32 Å². The summed E-state index contributed by atoms with van der Waals surface area (Å²) in [7, 11) is 0. The molecule has 0 saturated heterocycles. The Labute approximate surface area is 149 Å². The highest BCUT2D eigenvalue weighted by Gasteiger charge is 2.38. The van der Waals surface area contributed by atoms with Crippen LogP contribution in [0.15, 0.2) is 48.1 Å². The van der Waals surface area contributed by atoms with Gasteiger partial charge in [0.2, 0.25) is 5.91 Å². The Bertz CT molecular complexity index is 887. The zero-order valence-corrected chi connectivity index (χ0v) is 14.6. The maximum atomic E-state index is 12.4. The summed E-state index contributed by atoms with van der Waals surface area (Å²) in [6, 6.07) is 9.05. The van der Waals surface area contributed by atoms with E-state index in [1.807, 2.05) is 41.1 Å². The zero-order valence-electron chi connectivity index (χ0n) is 13.8. The van der Waals surface area contributed by atoms with E-state index < -0.39 is 11.4 Å². The van der Waals surface area contributed by atoms with Gasteiger partial charge in [-0.05, 0) is 12.0 Å². The molecular weight excluding hydrogens is 338 g/mol. The lowest BCUT2D eigenvalue weighted by molar-refractivity contribution is -0.144. The highest BCUT2D eigenvalue weighted by Crippen LogP contribution is 2.28. The molecule has 1 aromatic carbocycles. The maximum Gasteiger partial charge on any atom is 0.315 e. The van der Waals surface area contributed by atoms with Gasteiger partial charge in [-0.3, -0.25) is 14.0 Å². The molecule has 1 unspecified atom stereocenters. The first-order valence-corrected chi connectivity index (χ1v) is 8.90. The number of amides is 1. The number of imidazole rings is 1. The minimum Gasteiger partial charge on any atom is -0.481 e. The highest BCUT2D eigenvalue weighted by atomic mass is 32.1. The number of aromatic nitrogens is 2. The van der Waals surface area contributed by atoms with Gasteiger partial charge in [-0.15, -0.1) is 11.3 Å². The van der Waals surface area contributed by atoms with Gasteiger partial charge >= 0.3 is 5.97 Å². The first kappa shape index (κ1) is 17.2. The predicted molar refractivity (Wildman–Crippen MR) is 95.8 cm³/mol. The van der Waals surface area contributed by atoms with E-state index in [9.17, 15) is 14.7 Å². The Kier molecular flexibility index (Phi) is 4.85. The SMILES string of the molecule is CCC(CNC(=O)Cc1csc2nccn12)(C(=O)O)c1ccccc1. The van der Waals surface area contributed by atoms with Crippen LogP contribution in [0.3, 0.4) is 0 Å². The van der Waals surface area contributed by atoms with Gasteiger partial charge in [-0.1, -0.05) is 37.3 Å². The Morgan fingerprint density at radius 3 is 2.76 bits per heavy atom. The molecule has 0 spiro atoms. The van der Waals surface area contributed by atoms with Crippen LogP contribution in [0.5, 0.6) is 0 Å². The molecule has 0 saturated carbocycles. The second-order valence-electron chi connectivity index (χ2n) is 5.87. The lowest BCUT2D eigenvalue weighted by Gasteiger charge is -2.29. The fourth-order valence-electron chi connectivity index (χ4n) is 2.92. The van der Waals surface area contributed by atoms with Crippen molar-refractivity contribution in [2.75, 3.05) is 6.54 Å². The van der Waals surface area contributed by atoms with Crippen LogP contribution in [0.25, 0.3) is 4.96 Å². The van der Waals surface area contributed by atoms with E-state index in [2.05, 4.69) is 10.3 Å². The normalized spacial score (nSPS) is 13.5. The number of carboxylic acid groups (broad SMARTS) is 1. The van der Waals surface area contributed by atoms with Crippen LogP contribution in [-0.2, 0) is 21.4 Å². The molecule has 1 atom stereocenters. The Hall–Kier alpha value is -2.67. The van der Waals surface area contributed by atoms with E-state index >= 15 is 0 Å². The topological polar surface area (TPSA) is 83.7 Å². The maximum absolute atomic E-state index is 12.4. The number of hydrogen-bond donors (Lipinski definition) is 2. The smallest absolute Gasteiger partial charge is 0.315 e. The minimum atomic E-state index is -1.13. The fourth-order valence-corrected chi connectivity index (χ4v) is 3.77. The molecule has 1 amide bonds. The van der Waals surface area contributed by atoms with Crippen molar-refractivity contribution in [1.29, 1.82) is 0 Å². The molecule has 0 fully saturated rings. The lowest BCUT2D eigenvalue weighted by atomic mass is 9.78. The second kappa shape index (κ2) is 7.06. The number of carboxylic acids is 1. The molecule has 2 N–H and O–H groups in total. The van der Waals surface area contributed by atoms with E-state index in [-0.39, 0.29) is 18.9 Å². The van der Waals surface area contributed by atoms with Gasteiger partial charge < -0.3 is 10.4 Å². The van der Waals surface area contributed by atoms with E-state index in [4.69, 9.17) is 0 Å². The van der Waals surface area contributed by atoms with Crippen LogP contribution in [-0.4, -0.2) is 32.9 Å². The molecular formula is C18H19N3O3S. The van der Waals surface area contributed by atoms with Gasteiger partial charge in [0, 0.05) is 30.0 Å². The van der Waals surface area contributed by atoms with Crippen molar-refractivity contribution in [2.24, 2.45) is 0 Å². The number of nitrogens with zero attached hydrogens (tertiary/aromatic N) is 2. The fraction of sp³-hybridized carbons (Fsp3) is 0.278. The van der Waals surface area contributed by atoms with E-state index in [1.165, 1.54) is 11.3 Å². The number of carbonyl (C=O) groups excluding carboxylic acids is 1. The molecule has 3 aromatic rings. The number of hydrogen-bond acceptors (Lipinski definition) is 4. The van der Waals surface area contributed by atoms with Crippen LogP contribution in [0.2, 0.25) is 0 Å². The molecule has 2 heterocycles. The standard InChI is InChI=1S/C18H19N3O3S/c1-2-18(16(23)24,13-6-4-3-5-7-13)12-20-15(22)10-14-11-25-17-19-8-9-21(14)17/h3-9,11H,2,10,12H2,1H3,(H,20,22)(H,23,24). The summed E-state index contributed by atoms with van der Waals surface area (Å²) in [6.45, 7) is 1.88. The van der Waals surface area contributed by atoms with Crippen LogP contribution in [0.1, 0.15) is 24.6 Å². The number of carbonyl (C=O) groups is 2. The van der Waals surface area contributed by atoms with Crippen molar-refractivity contribution in [2.45, 2.75) is 25.2 Å². The number of benzene rings is 1. The van der Waals surface area contributed by atoms with Crippen molar-refractivity contribution >= 4 is 28.2 Å². The summed E-state index contributed by atoms with van der Waals surface area (Å²) in [6.07, 6.45) is 4.07. The second-order valence-corrected chi connectivity index (χ2v) is 6.70. The summed E-state index contributed by atoms with van der Waals surface area (Å²) in [5.74, 6) is -1.14. The van der Waals surface area contributed by atoms with E-state index in [0.717, 1.165) is 10.7 Å². The molecule has 0 aliphatic rings. The number of rotatable bonds is 7. The molecule has 2 aromatic heterocycles. The molecule has 6 nitrogen and oxygen atoms in total. The number of thiazole rings is 1. The highest BCUT2D eigenvalue weighted by molar-refractivity contribution is 7.15. The Morgan fingerprint density at radius 1 is 1.32 bits per heavy atom. The summed E-state index contributed by atoms with van der Waals surface area (Å²) in [5.41, 5.74) is 0.403. The third-order valence-electron chi connectivity index (χ3n) is 4.48. The van der Waals surface area contributed by atoms with Crippen molar-refractivity contribution in [3.05, 3.63) is 59.4 Å². The third kappa shape index (κ3) is 3.28. The minimum absolute atomic E-state index is 0.0545.